The van der Waals surface area contributed by atoms with E-state index in [-0.39, 0.29) is 0 Å². The molecule has 1 aromatic carbocycles. The van der Waals surface area contributed by atoms with Crippen LogP contribution >= 0.6 is 0 Å². The van der Waals surface area contributed by atoms with Crippen LogP contribution in [0.1, 0.15) is 44.4 Å². The number of likely N-dealkylation sites (N-methyl/N-ethyl adjacent to an activating group) is 2. The summed E-state index contributed by atoms with van der Waals surface area (Å²) in [6.45, 7) is 11.3. The normalized spacial score (nSPS) is 21.5. The van der Waals surface area contributed by atoms with Crippen molar-refractivity contribution in [1.82, 2.24) is 10.2 Å². The van der Waals surface area contributed by atoms with Gasteiger partial charge in [-0.3, -0.25) is 4.90 Å². The molecule has 0 amide bonds. The van der Waals surface area contributed by atoms with Gasteiger partial charge in [0.25, 0.3) is 0 Å². The first-order valence-corrected chi connectivity index (χ1v) is 8.44. The second kappa shape index (κ2) is 8.52. The van der Waals surface area contributed by atoms with E-state index in [0.29, 0.717) is 12.1 Å². The lowest BCUT2D eigenvalue weighted by molar-refractivity contribution is 0.0795. The first kappa shape index (κ1) is 16.5. The number of benzene rings is 1. The Bertz CT molecular complexity index is 421. The van der Waals surface area contributed by atoms with Crippen molar-refractivity contribution in [3.63, 3.8) is 0 Å². The molecule has 2 unspecified atom stereocenters. The van der Waals surface area contributed by atoms with Gasteiger partial charge in [0, 0.05) is 25.2 Å². The van der Waals surface area contributed by atoms with E-state index in [2.05, 4.69) is 55.3 Å². The van der Waals surface area contributed by atoms with Gasteiger partial charge in [-0.1, -0.05) is 38.1 Å². The molecule has 0 fully saturated rings. The van der Waals surface area contributed by atoms with Gasteiger partial charge in [0.2, 0.25) is 0 Å². The molecule has 1 aliphatic carbocycles. The first-order valence-electron chi connectivity index (χ1n) is 8.44. The summed E-state index contributed by atoms with van der Waals surface area (Å²) in [6, 6.07) is 9.93. The Labute approximate surface area is 129 Å². The Morgan fingerprint density at radius 2 is 2.05 bits per heavy atom. The van der Waals surface area contributed by atoms with E-state index in [1.807, 2.05) is 0 Å². The van der Waals surface area contributed by atoms with Crippen molar-refractivity contribution in [2.45, 2.75) is 45.7 Å². The van der Waals surface area contributed by atoms with Crippen LogP contribution in [0.3, 0.4) is 0 Å². The Hall–Kier alpha value is -0.900. The van der Waals surface area contributed by atoms with Crippen molar-refractivity contribution in [1.29, 1.82) is 0 Å². The van der Waals surface area contributed by atoms with Crippen molar-refractivity contribution >= 4 is 0 Å². The van der Waals surface area contributed by atoms with Crippen molar-refractivity contribution in [3.05, 3.63) is 35.4 Å². The summed E-state index contributed by atoms with van der Waals surface area (Å²) in [5.41, 5.74) is 3.01. The molecule has 1 aliphatic rings. The molecule has 0 aliphatic heterocycles. The lowest BCUT2D eigenvalue weighted by atomic mass is 9.83. The largest absolute Gasteiger partial charge is 0.380 e. The number of aryl methyl sites for hydroxylation is 1. The van der Waals surface area contributed by atoms with Crippen LogP contribution in [0.25, 0.3) is 0 Å². The SMILES string of the molecule is CCNC1c2ccccc2CCC1N(CC)CCOCC. The minimum Gasteiger partial charge on any atom is -0.380 e. The van der Waals surface area contributed by atoms with Gasteiger partial charge in [-0.05, 0) is 44.0 Å². The topological polar surface area (TPSA) is 24.5 Å². The average Bonchev–Trinajstić information content (AvgIpc) is 2.53. The summed E-state index contributed by atoms with van der Waals surface area (Å²) in [5.74, 6) is 0. The highest BCUT2D eigenvalue weighted by Gasteiger charge is 2.32. The molecule has 1 N–H and O–H groups in total. The molecule has 0 radical (unpaired) electrons. The van der Waals surface area contributed by atoms with Gasteiger partial charge in [0.05, 0.1) is 6.61 Å². The Morgan fingerprint density at radius 1 is 1.24 bits per heavy atom. The van der Waals surface area contributed by atoms with Gasteiger partial charge in [-0.2, -0.15) is 0 Å². The molecule has 1 aromatic rings. The van der Waals surface area contributed by atoms with Gasteiger partial charge >= 0.3 is 0 Å². The number of hydrogen-bond acceptors (Lipinski definition) is 3. The second-order valence-electron chi connectivity index (χ2n) is 5.67. The summed E-state index contributed by atoms with van der Waals surface area (Å²) in [7, 11) is 0. The number of rotatable bonds is 8. The van der Waals surface area contributed by atoms with E-state index in [4.69, 9.17) is 4.74 Å². The van der Waals surface area contributed by atoms with Crippen LogP contribution in [0.4, 0.5) is 0 Å². The first-order chi connectivity index (χ1) is 10.3. The summed E-state index contributed by atoms with van der Waals surface area (Å²) in [5, 5.41) is 3.71. The highest BCUT2D eigenvalue weighted by atomic mass is 16.5. The number of fused-ring (bicyclic) bond motifs is 1. The predicted octanol–water partition coefficient (Wildman–Crippen LogP) is 3.01. The second-order valence-corrected chi connectivity index (χ2v) is 5.67. The lowest BCUT2D eigenvalue weighted by Gasteiger charge is -2.41. The highest BCUT2D eigenvalue weighted by molar-refractivity contribution is 5.34. The quantitative estimate of drug-likeness (QED) is 0.745. The third-order valence-corrected chi connectivity index (χ3v) is 4.51. The number of nitrogens with one attached hydrogen (secondary N) is 1. The summed E-state index contributed by atoms with van der Waals surface area (Å²) in [6.07, 6.45) is 2.42. The number of ether oxygens (including phenoxy) is 1. The Morgan fingerprint density at radius 3 is 2.76 bits per heavy atom. The van der Waals surface area contributed by atoms with Crippen molar-refractivity contribution in [2.75, 3.05) is 32.8 Å². The van der Waals surface area contributed by atoms with Crippen molar-refractivity contribution in [2.24, 2.45) is 0 Å². The maximum absolute atomic E-state index is 5.56. The van der Waals surface area contributed by atoms with E-state index in [0.717, 1.165) is 32.8 Å². The zero-order valence-corrected chi connectivity index (χ0v) is 13.8. The van der Waals surface area contributed by atoms with E-state index >= 15 is 0 Å². The van der Waals surface area contributed by atoms with Crippen LogP contribution in [-0.2, 0) is 11.2 Å². The van der Waals surface area contributed by atoms with Gasteiger partial charge in [0.1, 0.15) is 0 Å². The van der Waals surface area contributed by atoms with Crippen LogP contribution in [-0.4, -0.2) is 43.8 Å². The fourth-order valence-corrected chi connectivity index (χ4v) is 3.49. The monoisotopic (exact) mass is 290 g/mol. The maximum atomic E-state index is 5.56. The molecule has 0 saturated heterocycles. The molecular weight excluding hydrogens is 260 g/mol. The Balaban J connectivity index is 2.14. The van der Waals surface area contributed by atoms with Crippen LogP contribution < -0.4 is 5.32 Å². The summed E-state index contributed by atoms with van der Waals surface area (Å²) >= 11 is 0. The molecule has 0 bridgehead atoms. The standard InChI is InChI=1S/C18H30N2O/c1-4-19-18-16-10-8-7-9-15(16)11-12-17(18)20(5-2)13-14-21-6-3/h7-10,17-19H,4-6,11-14H2,1-3H3. The third kappa shape index (κ3) is 4.06. The average molecular weight is 290 g/mol. The van der Waals surface area contributed by atoms with Crippen LogP contribution in [0.5, 0.6) is 0 Å². The van der Waals surface area contributed by atoms with Crippen LogP contribution in [0, 0.1) is 0 Å². The summed E-state index contributed by atoms with van der Waals surface area (Å²) < 4.78 is 5.56. The fraction of sp³-hybridized carbons (Fsp3) is 0.667. The van der Waals surface area contributed by atoms with Crippen LogP contribution in [0.15, 0.2) is 24.3 Å². The smallest absolute Gasteiger partial charge is 0.0593 e. The van der Waals surface area contributed by atoms with Crippen molar-refractivity contribution < 1.29 is 4.74 Å². The highest BCUT2D eigenvalue weighted by Crippen LogP contribution is 2.32. The fourth-order valence-electron chi connectivity index (χ4n) is 3.49. The van der Waals surface area contributed by atoms with Gasteiger partial charge in [-0.25, -0.2) is 0 Å². The summed E-state index contributed by atoms with van der Waals surface area (Å²) in [4.78, 5) is 2.58. The molecule has 2 atom stereocenters. The molecule has 21 heavy (non-hydrogen) atoms. The molecular formula is C18H30N2O. The van der Waals surface area contributed by atoms with Crippen LogP contribution in [0.2, 0.25) is 0 Å². The molecule has 0 aromatic heterocycles. The zero-order chi connectivity index (χ0) is 15.1. The van der Waals surface area contributed by atoms with E-state index in [9.17, 15) is 0 Å². The lowest BCUT2D eigenvalue weighted by Crippen LogP contribution is -2.48. The minimum absolute atomic E-state index is 0.446. The molecule has 0 heterocycles. The van der Waals surface area contributed by atoms with Gasteiger partial charge in [-0.15, -0.1) is 0 Å². The minimum atomic E-state index is 0.446. The molecule has 0 spiro atoms. The van der Waals surface area contributed by atoms with E-state index in [1.54, 1.807) is 0 Å². The number of hydrogen-bond donors (Lipinski definition) is 1. The number of nitrogens with zero attached hydrogens (tertiary/aromatic N) is 1. The molecule has 3 heteroatoms. The van der Waals surface area contributed by atoms with E-state index in [1.165, 1.54) is 24.0 Å². The van der Waals surface area contributed by atoms with Gasteiger partial charge in [0.15, 0.2) is 0 Å². The van der Waals surface area contributed by atoms with Crippen molar-refractivity contribution in [3.8, 4) is 0 Å². The van der Waals surface area contributed by atoms with E-state index < -0.39 is 0 Å². The molecule has 0 saturated carbocycles. The molecule has 2 rings (SSSR count). The molecule has 118 valence electrons. The Kier molecular flexibility index (Phi) is 6.68. The zero-order valence-electron chi connectivity index (χ0n) is 13.8. The van der Waals surface area contributed by atoms with Gasteiger partial charge < -0.3 is 10.1 Å². The predicted molar refractivity (Wildman–Crippen MR) is 88.7 cm³/mol. The third-order valence-electron chi connectivity index (χ3n) is 4.51. The molecule has 3 nitrogen and oxygen atoms in total. The maximum Gasteiger partial charge on any atom is 0.0593 e.